The van der Waals surface area contributed by atoms with Gasteiger partial charge >= 0.3 is 0 Å². The minimum atomic E-state index is -3.04. The Morgan fingerprint density at radius 3 is 2.39 bits per heavy atom. The number of sulfone groups is 1. The predicted molar refractivity (Wildman–Crippen MR) is 73.5 cm³/mol. The minimum absolute atomic E-state index is 0.00921. The van der Waals surface area contributed by atoms with E-state index in [4.69, 9.17) is 0 Å². The van der Waals surface area contributed by atoms with Gasteiger partial charge in [0.1, 0.15) is 0 Å². The smallest absolute Gasteiger partial charge is 0.162 e. The molecule has 0 radical (unpaired) electrons. The van der Waals surface area contributed by atoms with Crippen LogP contribution in [-0.4, -0.2) is 25.2 Å². The molecule has 100 valence electrons. The number of carbonyl (C=O) groups is 1. The largest absolute Gasteiger partial charge is 0.294 e. The second-order valence-corrected chi connectivity index (χ2v) is 7.02. The number of hydrogen-bond donors (Lipinski definition) is 0. The molecule has 0 saturated carbocycles. The standard InChI is InChI=1S/C14H20O3S/c1-3-12(2)18(16,17)11-7-10-14(15)13-8-5-4-6-9-13/h4-6,8-9,12H,3,7,10-11H2,1-2H3. The average molecular weight is 268 g/mol. The first-order valence-electron chi connectivity index (χ1n) is 6.27. The van der Waals surface area contributed by atoms with E-state index in [9.17, 15) is 13.2 Å². The van der Waals surface area contributed by atoms with Gasteiger partial charge in [0.15, 0.2) is 15.6 Å². The van der Waals surface area contributed by atoms with Crippen LogP contribution in [0, 0.1) is 0 Å². The first-order chi connectivity index (χ1) is 8.47. The lowest BCUT2D eigenvalue weighted by molar-refractivity contribution is 0.0982. The molecule has 18 heavy (non-hydrogen) atoms. The van der Waals surface area contributed by atoms with Gasteiger partial charge in [0.25, 0.3) is 0 Å². The van der Waals surface area contributed by atoms with Crippen molar-refractivity contribution in [3.05, 3.63) is 35.9 Å². The molecule has 0 heterocycles. The highest BCUT2D eigenvalue weighted by Gasteiger charge is 2.19. The van der Waals surface area contributed by atoms with Gasteiger partial charge in [-0.2, -0.15) is 0 Å². The minimum Gasteiger partial charge on any atom is -0.294 e. The summed E-state index contributed by atoms with van der Waals surface area (Å²) < 4.78 is 23.5. The molecule has 0 spiro atoms. The van der Waals surface area contributed by atoms with E-state index in [1.165, 1.54) is 0 Å². The molecular formula is C14H20O3S. The highest BCUT2D eigenvalue weighted by atomic mass is 32.2. The van der Waals surface area contributed by atoms with Crippen LogP contribution in [0.1, 0.15) is 43.5 Å². The van der Waals surface area contributed by atoms with E-state index in [1.807, 2.05) is 25.1 Å². The van der Waals surface area contributed by atoms with Gasteiger partial charge < -0.3 is 0 Å². The Kier molecular flexibility index (Phi) is 5.54. The molecule has 1 atom stereocenters. The zero-order valence-electron chi connectivity index (χ0n) is 10.9. The van der Waals surface area contributed by atoms with Crippen molar-refractivity contribution in [3.63, 3.8) is 0 Å². The topological polar surface area (TPSA) is 51.2 Å². The molecule has 0 saturated heterocycles. The molecule has 0 aliphatic carbocycles. The number of rotatable bonds is 7. The highest BCUT2D eigenvalue weighted by molar-refractivity contribution is 7.91. The lowest BCUT2D eigenvalue weighted by Gasteiger charge is -2.09. The van der Waals surface area contributed by atoms with E-state index in [0.717, 1.165) is 0 Å². The first-order valence-corrected chi connectivity index (χ1v) is 7.98. The van der Waals surface area contributed by atoms with Crippen LogP contribution < -0.4 is 0 Å². The summed E-state index contributed by atoms with van der Waals surface area (Å²) in [7, 11) is -3.04. The van der Waals surface area contributed by atoms with E-state index in [0.29, 0.717) is 24.8 Å². The summed E-state index contributed by atoms with van der Waals surface area (Å²) in [5.74, 6) is 0.107. The van der Waals surface area contributed by atoms with Crippen LogP contribution in [0.2, 0.25) is 0 Å². The van der Waals surface area contributed by atoms with Gasteiger partial charge in [-0.3, -0.25) is 4.79 Å². The Morgan fingerprint density at radius 1 is 1.22 bits per heavy atom. The molecule has 0 amide bonds. The van der Waals surface area contributed by atoms with Crippen LogP contribution in [0.5, 0.6) is 0 Å². The summed E-state index contributed by atoms with van der Waals surface area (Å²) in [6, 6.07) is 8.98. The fraction of sp³-hybridized carbons (Fsp3) is 0.500. The zero-order valence-corrected chi connectivity index (χ0v) is 11.7. The van der Waals surface area contributed by atoms with Gasteiger partial charge in [-0.25, -0.2) is 8.42 Å². The lowest BCUT2D eigenvalue weighted by atomic mass is 10.1. The fourth-order valence-corrected chi connectivity index (χ4v) is 3.11. The molecule has 1 aromatic rings. The molecule has 0 N–H and O–H groups in total. The summed E-state index contributed by atoms with van der Waals surface area (Å²) >= 11 is 0. The van der Waals surface area contributed by atoms with E-state index in [-0.39, 0.29) is 16.8 Å². The maximum atomic E-state index is 11.8. The Hall–Kier alpha value is -1.16. The SMILES string of the molecule is CCC(C)S(=O)(=O)CCCC(=O)c1ccccc1. The van der Waals surface area contributed by atoms with Gasteiger partial charge in [0.05, 0.1) is 11.0 Å². The predicted octanol–water partition coefficient (Wildman–Crippen LogP) is 2.86. The Bertz CT molecular complexity index is 477. The molecular weight excluding hydrogens is 248 g/mol. The van der Waals surface area contributed by atoms with Crippen molar-refractivity contribution in [2.24, 2.45) is 0 Å². The molecule has 0 aliphatic rings. The van der Waals surface area contributed by atoms with Gasteiger partial charge in [-0.15, -0.1) is 0 Å². The van der Waals surface area contributed by atoms with Crippen molar-refractivity contribution < 1.29 is 13.2 Å². The highest BCUT2D eigenvalue weighted by Crippen LogP contribution is 2.11. The quantitative estimate of drug-likeness (QED) is 0.714. The molecule has 1 aromatic carbocycles. The van der Waals surface area contributed by atoms with E-state index >= 15 is 0 Å². The van der Waals surface area contributed by atoms with E-state index in [1.54, 1.807) is 19.1 Å². The summed E-state index contributed by atoms with van der Waals surface area (Å²) in [5, 5.41) is -0.315. The second kappa shape index (κ2) is 6.69. The fourth-order valence-electron chi connectivity index (χ4n) is 1.66. The van der Waals surface area contributed by atoms with Crippen molar-refractivity contribution in [1.82, 2.24) is 0 Å². The summed E-state index contributed by atoms with van der Waals surface area (Å²) in [5.41, 5.74) is 0.651. The monoisotopic (exact) mass is 268 g/mol. The lowest BCUT2D eigenvalue weighted by Crippen LogP contribution is -2.20. The number of carbonyl (C=O) groups excluding carboxylic acids is 1. The Balaban J connectivity index is 2.46. The van der Waals surface area contributed by atoms with Gasteiger partial charge in [0.2, 0.25) is 0 Å². The maximum Gasteiger partial charge on any atom is 0.162 e. The summed E-state index contributed by atoms with van der Waals surface area (Å²) in [4.78, 5) is 11.8. The molecule has 1 rings (SSSR count). The van der Waals surface area contributed by atoms with Crippen molar-refractivity contribution >= 4 is 15.6 Å². The molecule has 4 heteroatoms. The van der Waals surface area contributed by atoms with Gasteiger partial charge in [-0.05, 0) is 19.8 Å². The Morgan fingerprint density at radius 2 is 1.83 bits per heavy atom. The normalized spacial score (nSPS) is 13.2. The van der Waals surface area contributed by atoms with Crippen LogP contribution in [0.3, 0.4) is 0 Å². The van der Waals surface area contributed by atoms with Crippen LogP contribution in [0.25, 0.3) is 0 Å². The van der Waals surface area contributed by atoms with Crippen LogP contribution >= 0.6 is 0 Å². The number of ketones is 1. The van der Waals surface area contributed by atoms with Crippen molar-refractivity contribution in [3.8, 4) is 0 Å². The number of benzene rings is 1. The van der Waals surface area contributed by atoms with Crippen LogP contribution in [0.4, 0.5) is 0 Å². The van der Waals surface area contributed by atoms with Gasteiger partial charge in [-0.1, -0.05) is 37.3 Å². The molecule has 0 aliphatic heterocycles. The molecule has 1 unspecified atom stereocenters. The van der Waals surface area contributed by atoms with E-state index in [2.05, 4.69) is 0 Å². The Labute approximate surface area is 109 Å². The third-order valence-corrected chi connectivity index (χ3v) is 5.53. The number of Topliss-reactive ketones (excluding diaryl/α,β-unsaturated/α-hetero) is 1. The van der Waals surface area contributed by atoms with Crippen LogP contribution in [0.15, 0.2) is 30.3 Å². The molecule has 0 bridgehead atoms. The summed E-state index contributed by atoms with van der Waals surface area (Å²) in [6.07, 6.45) is 1.31. The molecule has 3 nitrogen and oxygen atoms in total. The third kappa shape index (κ3) is 4.26. The van der Waals surface area contributed by atoms with Crippen molar-refractivity contribution in [2.45, 2.75) is 38.4 Å². The average Bonchev–Trinajstić information content (AvgIpc) is 2.38. The molecule has 0 fully saturated rings. The third-order valence-electron chi connectivity index (χ3n) is 3.12. The maximum absolute atomic E-state index is 11.8. The van der Waals surface area contributed by atoms with Crippen molar-refractivity contribution in [2.75, 3.05) is 5.75 Å². The van der Waals surface area contributed by atoms with E-state index < -0.39 is 9.84 Å². The zero-order chi connectivity index (χ0) is 13.6. The first kappa shape index (κ1) is 14.9. The number of hydrogen-bond acceptors (Lipinski definition) is 3. The van der Waals surface area contributed by atoms with Gasteiger partial charge in [0, 0.05) is 12.0 Å². The van der Waals surface area contributed by atoms with Crippen molar-refractivity contribution in [1.29, 1.82) is 0 Å². The second-order valence-electron chi connectivity index (χ2n) is 4.48. The summed E-state index contributed by atoms with van der Waals surface area (Å²) in [6.45, 7) is 3.58. The molecule has 0 aromatic heterocycles. The van der Waals surface area contributed by atoms with Crippen LogP contribution in [-0.2, 0) is 9.84 Å².